The first kappa shape index (κ1) is 31.0. The zero-order valence-corrected chi connectivity index (χ0v) is 24.6. The summed E-state index contributed by atoms with van der Waals surface area (Å²) in [5.74, 6) is -2.54. The molecule has 4 rings (SSSR count). The molecule has 0 aliphatic carbocycles. The van der Waals surface area contributed by atoms with Crippen molar-refractivity contribution in [2.45, 2.75) is 51.9 Å². The molecule has 0 unspecified atom stereocenters. The molecule has 222 valence electrons. The second kappa shape index (κ2) is 14.8. The Bertz CT molecular complexity index is 1560. The minimum atomic E-state index is -1.10. The van der Waals surface area contributed by atoms with E-state index in [0.29, 0.717) is 0 Å². The summed E-state index contributed by atoms with van der Waals surface area (Å²) in [7, 11) is 0. The molecule has 0 spiro atoms. The van der Waals surface area contributed by atoms with Crippen LogP contribution in [-0.4, -0.2) is 35.8 Å². The van der Waals surface area contributed by atoms with E-state index in [1.807, 2.05) is 103 Å². The summed E-state index contributed by atoms with van der Waals surface area (Å²) in [6.07, 6.45) is -0.605. The number of hydrogen-bond acceptors (Lipinski definition) is 5. The molecule has 3 amide bonds. The van der Waals surface area contributed by atoms with Gasteiger partial charge in [-0.05, 0) is 46.4 Å². The molecule has 4 aromatic rings. The van der Waals surface area contributed by atoms with E-state index in [4.69, 9.17) is 4.74 Å². The Balaban J connectivity index is 1.43. The predicted octanol–water partition coefficient (Wildman–Crippen LogP) is 5.26. The normalized spacial score (nSPS) is 13.0. The van der Waals surface area contributed by atoms with Crippen LogP contribution in [0.15, 0.2) is 103 Å². The molecule has 0 saturated carbocycles. The monoisotopic (exact) mass is 579 g/mol. The Morgan fingerprint density at radius 1 is 0.674 bits per heavy atom. The summed E-state index contributed by atoms with van der Waals surface area (Å²) in [5, 5.41) is 10.2. The number of fused-ring (bicyclic) bond motifs is 1. The molecule has 0 saturated heterocycles. The molecule has 3 atom stereocenters. The molecule has 3 N–H and O–H groups in total. The average Bonchev–Trinajstić information content (AvgIpc) is 3.02. The van der Waals surface area contributed by atoms with Gasteiger partial charge in [0.1, 0.15) is 12.6 Å². The number of amides is 3. The fourth-order valence-electron chi connectivity index (χ4n) is 4.72. The highest BCUT2D eigenvalue weighted by molar-refractivity contribution is 6.38. The van der Waals surface area contributed by atoms with Crippen LogP contribution in [0.25, 0.3) is 10.8 Å². The van der Waals surface area contributed by atoms with Crippen molar-refractivity contribution in [3.05, 3.63) is 120 Å². The molecular formula is C35H37N3O5. The number of rotatable bonds is 12. The lowest BCUT2D eigenvalue weighted by molar-refractivity contribution is -0.141. The lowest BCUT2D eigenvalue weighted by Gasteiger charge is -2.25. The van der Waals surface area contributed by atoms with Gasteiger partial charge in [0, 0.05) is 6.42 Å². The second-order valence-electron chi connectivity index (χ2n) is 10.8. The van der Waals surface area contributed by atoms with Gasteiger partial charge in [0.25, 0.3) is 5.91 Å². The third-order valence-corrected chi connectivity index (χ3v) is 7.20. The van der Waals surface area contributed by atoms with Crippen molar-refractivity contribution < 1.29 is 23.9 Å². The van der Waals surface area contributed by atoms with Crippen molar-refractivity contribution in [3.63, 3.8) is 0 Å². The molecule has 8 heteroatoms. The summed E-state index contributed by atoms with van der Waals surface area (Å²) in [5.41, 5.74) is 2.46. The highest BCUT2D eigenvalue weighted by Gasteiger charge is 2.33. The summed E-state index contributed by atoms with van der Waals surface area (Å²) in [6, 6.07) is 29.6. The fraction of sp³-hybridized carbons (Fsp3) is 0.257. The summed E-state index contributed by atoms with van der Waals surface area (Å²) in [4.78, 5) is 52.6. The van der Waals surface area contributed by atoms with E-state index < -0.39 is 41.8 Å². The average molecular weight is 580 g/mol. The minimum Gasteiger partial charge on any atom is -0.445 e. The number of ketones is 1. The van der Waals surface area contributed by atoms with E-state index in [-0.39, 0.29) is 18.9 Å². The fourth-order valence-corrected chi connectivity index (χ4v) is 4.72. The predicted molar refractivity (Wildman–Crippen MR) is 166 cm³/mol. The van der Waals surface area contributed by atoms with Gasteiger partial charge in [0.15, 0.2) is 0 Å². The van der Waals surface area contributed by atoms with E-state index in [9.17, 15) is 19.2 Å². The largest absolute Gasteiger partial charge is 0.445 e. The van der Waals surface area contributed by atoms with E-state index >= 15 is 0 Å². The third kappa shape index (κ3) is 8.75. The van der Waals surface area contributed by atoms with E-state index in [2.05, 4.69) is 16.0 Å². The third-order valence-electron chi connectivity index (χ3n) is 7.20. The van der Waals surface area contributed by atoms with Crippen LogP contribution in [0.4, 0.5) is 4.79 Å². The molecule has 0 heterocycles. The molecule has 4 aromatic carbocycles. The lowest BCUT2D eigenvalue weighted by Crippen LogP contribution is -2.56. The number of alkyl carbamates (subject to hydrolysis) is 1. The zero-order chi connectivity index (χ0) is 30.8. The number of ether oxygens (including phenoxy) is 1. The minimum absolute atomic E-state index is 0.0367. The van der Waals surface area contributed by atoms with Crippen molar-refractivity contribution in [2.75, 3.05) is 0 Å². The van der Waals surface area contributed by atoms with Crippen LogP contribution in [0.5, 0.6) is 0 Å². The first-order chi connectivity index (χ1) is 20.7. The van der Waals surface area contributed by atoms with Gasteiger partial charge in [-0.1, -0.05) is 111 Å². The molecule has 0 aliphatic heterocycles. The quantitative estimate of drug-likeness (QED) is 0.198. The molecule has 43 heavy (non-hydrogen) atoms. The molecular weight excluding hydrogens is 542 g/mol. The van der Waals surface area contributed by atoms with Gasteiger partial charge in [0.05, 0.1) is 12.1 Å². The van der Waals surface area contributed by atoms with Crippen molar-refractivity contribution in [2.24, 2.45) is 5.92 Å². The molecule has 0 aromatic heterocycles. The number of carbonyl (C=O) groups excluding carboxylic acids is 4. The Morgan fingerprint density at radius 2 is 1.28 bits per heavy atom. The molecule has 0 aliphatic rings. The van der Waals surface area contributed by atoms with Crippen molar-refractivity contribution >= 4 is 34.5 Å². The van der Waals surface area contributed by atoms with Crippen LogP contribution in [0.1, 0.15) is 43.5 Å². The second-order valence-corrected chi connectivity index (χ2v) is 10.8. The Hall–Kier alpha value is -4.98. The van der Waals surface area contributed by atoms with Crippen LogP contribution in [0, 0.1) is 5.92 Å². The maximum atomic E-state index is 13.5. The van der Waals surface area contributed by atoms with Gasteiger partial charge < -0.3 is 20.7 Å². The standard InChI is InChI=1S/C35H37N3O5/c1-23(2)31(32(39)34(41)36-24(3)28-19-18-27-16-10-11-17-29(27)21-28)38-33(40)30(20-25-12-6-4-7-13-25)37-35(42)43-22-26-14-8-5-9-15-26/h4-19,21,23-24,30-31H,20,22H2,1-3H3,(H,36,41)(H,37,42)(H,38,40)/t24-,30-,31-/m0/s1. The number of carbonyl (C=O) groups is 4. The Morgan fingerprint density at radius 3 is 1.93 bits per heavy atom. The van der Waals surface area contributed by atoms with Crippen molar-refractivity contribution in [1.29, 1.82) is 0 Å². The van der Waals surface area contributed by atoms with Crippen LogP contribution in [0.3, 0.4) is 0 Å². The van der Waals surface area contributed by atoms with Gasteiger partial charge in [-0.25, -0.2) is 4.79 Å². The molecule has 0 radical (unpaired) electrons. The van der Waals surface area contributed by atoms with Crippen LogP contribution in [0.2, 0.25) is 0 Å². The molecule has 0 bridgehead atoms. The van der Waals surface area contributed by atoms with Gasteiger partial charge >= 0.3 is 6.09 Å². The Labute approximate surface area is 251 Å². The first-order valence-electron chi connectivity index (χ1n) is 14.4. The first-order valence-corrected chi connectivity index (χ1v) is 14.4. The highest BCUT2D eigenvalue weighted by Crippen LogP contribution is 2.20. The van der Waals surface area contributed by atoms with Crippen LogP contribution >= 0.6 is 0 Å². The molecule has 8 nitrogen and oxygen atoms in total. The zero-order valence-electron chi connectivity index (χ0n) is 24.6. The van der Waals surface area contributed by atoms with Crippen molar-refractivity contribution in [1.82, 2.24) is 16.0 Å². The topological polar surface area (TPSA) is 114 Å². The van der Waals surface area contributed by atoms with E-state index in [1.165, 1.54) is 0 Å². The smallest absolute Gasteiger partial charge is 0.408 e. The van der Waals surface area contributed by atoms with Gasteiger partial charge in [-0.15, -0.1) is 0 Å². The lowest BCUT2D eigenvalue weighted by atomic mass is 9.97. The number of nitrogens with one attached hydrogen (secondary N) is 3. The van der Waals surface area contributed by atoms with Crippen LogP contribution < -0.4 is 16.0 Å². The maximum absolute atomic E-state index is 13.5. The van der Waals surface area contributed by atoms with Gasteiger partial charge in [-0.2, -0.15) is 0 Å². The summed E-state index contributed by atoms with van der Waals surface area (Å²) in [6.45, 7) is 5.33. The molecule has 0 fully saturated rings. The summed E-state index contributed by atoms with van der Waals surface area (Å²) >= 11 is 0. The summed E-state index contributed by atoms with van der Waals surface area (Å²) < 4.78 is 5.34. The number of hydrogen-bond donors (Lipinski definition) is 3. The SMILES string of the molecule is CC(C)[C@H](NC(=O)[C@H](Cc1ccccc1)NC(=O)OCc1ccccc1)C(=O)C(=O)N[C@@H](C)c1ccc2ccccc2c1. The van der Waals surface area contributed by atoms with Crippen LogP contribution in [-0.2, 0) is 32.1 Å². The Kier molecular flexibility index (Phi) is 10.6. The number of Topliss-reactive ketones (excluding diaryl/α,β-unsaturated/α-hetero) is 1. The maximum Gasteiger partial charge on any atom is 0.408 e. The highest BCUT2D eigenvalue weighted by atomic mass is 16.5. The van der Waals surface area contributed by atoms with E-state index in [0.717, 1.165) is 27.5 Å². The van der Waals surface area contributed by atoms with E-state index in [1.54, 1.807) is 20.8 Å². The van der Waals surface area contributed by atoms with Crippen molar-refractivity contribution in [3.8, 4) is 0 Å². The number of benzene rings is 4. The van der Waals surface area contributed by atoms with Gasteiger partial charge in [-0.3, -0.25) is 14.4 Å². The van der Waals surface area contributed by atoms with Gasteiger partial charge in [0.2, 0.25) is 11.7 Å².